The van der Waals surface area contributed by atoms with E-state index in [1.165, 1.54) is 0 Å². The summed E-state index contributed by atoms with van der Waals surface area (Å²) in [6, 6.07) is 17.5. The third-order valence-electron chi connectivity index (χ3n) is 3.77. The lowest BCUT2D eigenvalue weighted by Gasteiger charge is -2.10. The molecule has 4 nitrogen and oxygen atoms in total. The number of esters is 1. The van der Waals surface area contributed by atoms with Gasteiger partial charge in [-0.05, 0) is 36.5 Å². The first-order valence-electron chi connectivity index (χ1n) is 8.44. The van der Waals surface area contributed by atoms with Gasteiger partial charge in [0.1, 0.15) is 0 Å². The summed E-state index contributed by atoms with van der Waals surface area (Å²) in [7, 11) is 0. The lowest BCUT2D eigenvalue weighted by atomic mass is 9.99. The van der Waals surface area contributed by atoms with E-state index in [4.69, 9.17) is 4.74 Å². The van der Waals surface area contributed by atoms with Crippen molar-refractivity contribution in [2.45, 2.75) is 19.3 Å². The van der Waals surface area contributed by atoms with Crippen LogP contribution in [0.5, 0.6) is 0 Å². The number of ether oxygens (including phenoxy) is 1. The molecule has 0 saturated carbocycles. The second kappa shape index (κ2) is 10.1. The van der Waals surface area contributed by atoms with Crippen LogP contribution in [0.1, 0.15) is 29.6 Å². The lowest BCUT2D eigenvalue weighted by Crippen LogP contribution is -2.25. The molecule has 4 heteroatoms. The predicted molar refractivity (Wildman–Crippen MR) is 99.2 cm³/mol. The summed E-state index contributed by atoms with van der Waals surface area (Å²) in [5.41, 5.74) is 2.63. The van der Waals surface area contributed by atoms with Gasteiger partial charge in [0, 0.05) is 18.2 Å². The lowest BCUT2D eigenvalue weighted by molar-refractivity contribution is -0.137. The molecule has 0 radical (unpaired) electrons. The molecule has 0 aromatic heterocycles. The summed E-state index contributed by atoms with van der Waals surface area (Å²) in [5.74, 6) is -0.469. The standard InChI is InChI=1S/C21H23NO3/c1-2-20(23)25-16-10-4-9-15-22-21(24)19-14-8-7-13-18(19)17-11-5-3-6-12-17/h2-3,5-8,11-14H,1,4,9-10,15-16H2,(H,22,24). The van der Waals surface area contributed by atoms with Crippen LogP contribution in [0.3, 0.4) is 0 Å². The highest BCUT2D eigenvalue weighted by atomic mass is 16.5. The molecule has 2 aromatic rings. The number of carbonyl (C=O) groups is 2. The second-order valence-corrected chi connectivity index (χ2v) is 5.60. The summed E-state index contributed by atoms with van der Waals surface area (Å²) in [6.45, 7) is 4.32. The highest BCUT2D eigenvalue weighted by Crippen LogP contribution is 2.23. The Morgan fingerprint density at radius 2 is 1.68 bits per heavy atom. The van der Waals surface area contributed by atoms with E-state index < -0.39 is 5.97 Å². The topological polar surface area (TPSA) is 55.4 Å². The average molecular weight is 337 g/mol. The molecule has 2 rings (SSSR count). The smallest absolute Gasteiger partial charge is 0.330 e. The third-order valence-corrected chi connectivity index (χ3v) is 3.77. The maximum Gasteiger partial charge on any atom is 0.330 e. The molecule has 0 spiro atoms. The van der Waals surface area contributed by atoms with Crippen LogP contribution in [0, 0.1) is 0 Å². The van der Waals surface area contributed by atoms with Crippen LogP contribution in [0.4, 0.5) is 0 Å². The van der Waals surface area contributed by atoms with Crippen molar-refractivity contribution in [3.8, 4) is 11.1 Å². The van der Waals surface area contributed by atoms with E-state index in [1.54, 1.807) is 0 Å². The minimum Gasteiger partial charge on any atom is -0.463 e. The van der Waals surface area contributed by atoms with Crippen LogP contribution in [0.2, 0.25) is 0 Å². The molecule has 0 aliphatic rings. The zero-order valence-electron chi connectivity index (χ0n) is 14.2. The molecule has 0 atom stereocenters. The molecule has 0 fully saturated rings. The zero-order chi connectivity index (χ0) is 17.9. The average Bonchev–Trinajstić information content (AvgIpc) is 2.67. The molecule has 25 heavy (non-hydrogen) atoms. The van der Waals surface area contributed by atoms with Crippen molar-refractivity contribution in [2.75, 3.05) is 13.2 Å². The number of hydrogen-bond donors (Lipinski definition) is 1. The van der Waals surface area contributed by atoms with Crippen molar-refractivity contribution in [2.24, 2.45) is 0 Å². The van der Waals surface area contributed by atoms with Gasteiger partial charge in [-0.15, -0.1) is 0 Å². The molecule has 0 bridgehead atoms. The summed E-state index contributed by atoms with van der Waals surface area (Å²) in [5, 5.41) is 2.96. The minimum atomic E-state index is -0.397. The summed E-state index contributed by atoms with van der Waals surface area (Å²) in [6.07, 6.45) is 3.65. The molecule has 130 valence electrons. The Morgan fingerprint density at radius 3 is 2.44 bits per heavy atom. The van der Waals surface area contributed by atoms with E-state index in [2.05, 4.69) is 11.9 Å². The fourth-order valence-electron chi connectivity index (χ4n) is 2.48. The van der Waals surface area contributed by atoms with Crippen molar-refractivity contribution < 1.29 is 14.3 Å². The van der Waals surface area contributed by atoms with Gasteiger partial charge in [-0.25, -0.2) is 4.79 Å². The molecule has 0 saturated heterocycles. The van der Waals surface area contributed by atoms with Gasteiger partial charge in [0.2, 0.25) is 0 Å². The van der Waals surface area contributed by atoms with E-state index >= 15 is 0 Å². The quantitative estimate of drug-likeness (QED) is 0.428. The first-order valence-corrected chi connectivity index (χ1v) is 8.44. The largest absolute Gasteiger partial charge is 0.463 e. The number of carbonyl (C=O) groups excluding carboxylic acids is 2. The van der Waals surface area contributed by atoms with Crippen molar-refractivity contribution in [1.29, 1.82) is 0 Å². The Morgan fingerprint density at radius 1 is 0.960 bits per heavy atom. The Labute approximate surface area is 148 Å². The Bertz CT molecular complexity index is 710. The summed E-state index contributed by atoms with van der Waals surface area (Å²) < 4.78 is 4.91. The van der Waals surface area contributed by atoms with Crippen molar-refractivity contribution in [3.63, 3.8) is 0 Å². The molecule has 0 unspecified atom stereocenters. The number of benzene rings is 2. The molecule has 1 N–H and O–H groups in total. The van der Waals surface area contributed by atoms with Gasteiger partial charge in [0.05, 0.1) is 6.61 Å². The van der Waals surface area contributed by atoms with Crippen molar-refractivity contribution in [1.82, 2.24) is 5.32 Å². The second-order valence-electron chi connectivity index (χ2n) is 5.60. The van der Waals surface area contributed by atoms with E-state index in [9.17, 15) is 9.59 Å². The molecule has 1 amide bonds. The fourth-order valence-corrected chi connectivity index (χ4v) is 2.48. The van der Waals surface area contributed by atoms with Gasteiger partial charge in [-0.2, -0.15) is 0 Å². The molecule has 2 aromatic carbocycles. The normalized spacial score (nSPS) is 10.1. The van der Waals surface area contributed by atoms with Crippen molar-refractivity contribution in [3.05, 3.63) is 72.8 Å². The van der Waals surface area contributed by atoms with Crippen LogP contribution in [-0.4, -0.2) is 25.0 Å². The van der Waals surface area contributed by atoms with Gasteiger partial charge < -0.3 is 10.1 Å². The predicted octanol–water partition coefficient (Wildman–Crippen LogP) is 3.98. The number of hydrogen-bond acceptors (Lipinski definition) is 3. The van der Waals surface area contributed by atoms with Crippen molar-refractivity contribution >= 4 is 11.9 Å². The van der Waals surface area contributed by atoms with Gasteiger partial charge in [-0.1, -0.05) is 55.1 Å². The zero-order valence-corrected chi connectivity index (χ0v) is 14.2. The number of nitrogens with one attached hydrogen (secondary N) is 1. The monoisotopic (exact) mass is 337 g/mol. The molecule has 0 aliphatic carbocycles. The number of amides is 1. The van der Waals surface area contributed by atoms with Crippen LogP contribution >= 0.6 is 0 Å². The Hall–Kier alpha value is -2.88. The molecular formula is C21H23NO3. The fraction of sp³-hybridized carbons (Fsp3) is 0.238. The number of unbranched alkanes of at least 4 members (excludes halogenated alkanes) is 2. The highest BCUT2D eigenvalue weighted by molar-refractivity contribution is 6.00. The van der Waals surface area contributed by atoms with Crippen LogP contribution in [-0.2, 0) is 9.53 Å². The van der Waals surface area contributed by atoms with E-state index in [1.807, 2.05) is 54.6 Å². The van der Waals surface area contributed by atoms with Gasteiger partial charge in [0.15, 0.2) is 0 Å². The molecular weight excluding hydrogens is 314 g/mol. The minimum absolute atomic E-state index is 0.0717. The van der Waals surface area contributed by atoms with E-state index in [0.717, 1.165) is 36.5 Å². The van der Waals surface area contributed by atoms with Crippen LogP contribution < -0.4 is 5.32 Å². The summed E-state index contributed by atoms with van der Waals surface area (Å²) >= 11 is 0. The van der Waals surface area contributed by atoms with E-state index in [0.29, 0.717) is 18.7 Å². The maximum absolute atomic E-state index is 12.5. The Balaban J connectivity index is 1.80. The third kappa shape index (κ3) is 5.92. The van der Waals surface area contributed by atoms with Crippen LogP contribution in [0.25, 0.3) is 11.1 Å². The van der Waals surface area contributed by atoms with Gasteiger partial charge in [0.25, 0.3) is 5.91 Å². The van der Waals surface area contributed by atoms with Gasteiger partial charge in [-0.3, -0.25) is 4.79 Å². The first-order chi connectivity index (χ1) is 12.2. The summed E-state index contributed by atoms with van der Waals surface area (Å²) in [4.78, 5) is 23.4. The SMILES string of the molecule is C=CC(=O)OCCCCCNC(=O)c1ccccc1-c1ccccc1. The number of rotatable bonds is 9. The first kappa shape index (κ1) is 18.5. The molecule has 0 aliphatic heterocycles. The molecule has 0 heterocycles. The van der Waals surface area contributed by atoms with Gasteiger partial charge >= 0.3 is 5.97 Å². The Kier molecular flexibility index (Phi) is 7.44. The maximum atomic E-state index is 12.5. The highest BCUT2D eigenvalue weighted by Gasteiger charge is 2.11. The van der Waals surface area contributed by atoms with Crippen LogP contribution in [0.15, 0.2) is 67.3 Å². The van der Waals surface area contributed by atoms with E-state index in [-0.39, 0.29) is 5.91 Å².